The normalized spacial score (nSPS) is 14.7. The van der Waals surface area contributed by atoms with Crippen LogP contribution in [0.25, 0.3) is 0 Å². The Morgan fingerprint density at radius 1 is 1.22 bits per heavy atom. The second-order valence-electron chi connectivity index (χ2n) is 4.34. The molecule has 0 fully saturated rings. The summed E-state index contributed by atoms with van der Waals surface area (Å²) in [5.41, 5.74) is 1.95. The first-order valence-corrected chi connectivity index (χ1v) is 6.65. The molecule has 1 aliphatic rings. The lowest BCUT2D eigenvalue weighted by molar-refractivity contribution is 0.0714. The Morgan fingerprint density at radius 2 is 2.06 bits per heavy atom. The Kier molecular flexibility index (Phi) is 2.96. The van der Waals surface area contributed by atoms with Crippen molar-refractivity contribution in [3.8, 4) is 0 Å². The van der Waals surface area contributed by atoms with Crippen molar-refractivity contribution in [3.05, 3.63) is 58.0 Å². The van der Waals surface area contributed by atoms with Crippen LogP contribution in [0.2, 0.25) is 0 Å². The van der Waals surface area contributed by atoms with Crippen LogP contribution in [0.15, 0.2) is 45.5 Å². The van der Waals surface area contributed by atoms with Crippen molar-refractivity contribution < 1.29 is 9.21 Å². The van der Waals surface area contributed by atoms with Gasteiger partial charge in [-0.2, -0.15) is 0 Å². The van der Waals surface area contributed by atoms with E-state index in [2.05, 4.69) is 15.9 Å². The van der Waals surface area contributed by atoms with Crippen LogP contribution in [-0.2, 0) is 13.0 Å². The van der Waals surface area contributed by atoms with Gasteiger partial charge in [-0.05, 0) is 46.1 Å². The average Bonchev–Trinajstić information content (AvgIpc) is 2.79. The molecule has 0 radical (unpaired) electrons. The first-order valence-electron chi connectivity index (χ1n) is 5.85. The first kappa shape index (κ1) is 11.5. The number of hydrogen-bond acceptors (Lipinski definition) is 2. The van der Waals surface area contributed by atoms with Gasteiger partial charge in [-0.15, -0.1) is 0 Å². The second-order valence-corrected chi connectivity index (χ2v) is 5.12. The van der Waals surface area contributed by atoms with E-state index >= 15 is 0 Å². The topological polar surface area (TPSA) is 33.5 Å². The van der Waals surface area contributed by atoms with E-state index in [4.69, 9.17) is 4.42 Å². The molecule has 3 nitrogen and oxygen atoms in total. The van der Waals surface area contributed by atoms with E-state index < -0.39 is 0 Å². The molecule has 0 spiro atoms. The van der Waals surface area contributed by atoms with Gasteiger partial charge in [0.15, 0.2) is 4.67 Å². The minimum absolute atomic E-state index is 0.0874. The third-order valence-electron chi connectivity index (χ3n) is 3.16. The minimum Gasteiger partial charge on any atom is -0.452 e. The predicted molar refractivity (Wildman–Crippen MR) is 71.3 cm³/mol. The Balaban J connectivity index is 1.82. The molecule has 92 valence electrons. The van der Waals surface area contributed by atoms with E-state index in [1.165, 1.54) is 0 Å². The van der Waals surface area contributed by atoms with Crippen LogP contribution in [0.4, 0.5) is 0 Å². The van der Waals surface area contributed by atoms with Crippen LogP contribution >= 0.6 is 15.9 Å². The van der Waals surface area contributed by atoms with E-state index in [9.17, 15) is 4.79 Å². The predicted octanol–water partition coefficient (Wildman–Crippen LogP) is 3.24. The summed E-state index contributed by atoms with van der Waals surface area (Å²) < 4.78 is 6.14. The van der Waals surface area contributed by atoms with Crippen LogP contribution in [0.3, 0.4) is 0 Å². The summed E-state index contributed by atoms with van der Waals surface area (Å²) in [4.78, 5) is 14.1. The maximum absolute atomic E-state index is 12.3. The monoisotopic (exact) mass is 305 g/mol. The van der Waals surface area contributed by atoms with Gasteiger partial charge in [-0.1, -0.05) is 18.2 Å². The fourth-order valence-electron chi connectivity index (χ4n) is 2.25. The fraction of sp³-hybridized carbons (Fsp3) is 0.214. The van der Waals surface area contributed by atoms with Crippen LogP contribution in [0.1, 0.15) is 21.7 Å². The maximum Gasteiger partial charge on any atom is 0.254 e. The third-order valence-corrected chi connectivity index (χ3v) is 3.59. The number of amides is 1. The molecule has 0 bridgehead atoms. The molecule has 3 rings (SSSR count). The summed E-state index contributed by atoms with van der Waals surface area (Å²) in [6, 6.07) is 11.5. The number of carbonyl (C=O) groups excluding carboxylic acids is 1. The molecule has 18 heavy (non-hydrogen) atoms. The number of benzene rings is 1. The van der Waals surface area contributed by atoms with Gasteiger partial charge >= 0.3 is 0 Å². The van der Waals surface area contributed by atoms with Crippen LogP contribution in [-0.4, -0.2) is 17.4 Å². The van der Waals surface area contributed by atoms with Crippen molar-refractivity contribution in [2.45, 2.75) is 13.0 Å². The van der Waals surface area contributed by atoms with Gasteiger partial charge in [0.25, 0.3) is 5.91 Å². The SMILES string of the molecule is O=C1c2ccccc2CCN1Cc1ccc(Br)o1. The number of nitrogens with zero attached hydrogens (tertiary/aromatic N) is 1. The zero-order valence-corrected chi connectivity index (χ0v) is 11.3. The van der Waals surface area contributed by atoms with E-state index in [1.54, 1.807) is 0 Å². The lowest BCUT2D eigenvalue weighted by atomic mass is 9.99. The molecule has 0 unspecified atom stereocenters. The average molecular weight is 306 g/mol. The van der Waals surface area contributed by atoms with Crippen LogP contribution in [0, 0.1) is 0 Å². The summed E-state index contributed by atoms with van der Waals surface area (Å²) in [7, 11) is 0. The summed E-state index contributed by atoms with van der Waals surface area (Å²) >= 11 is 3.27. The van der Waals surface area contributed by atoms with Gasteiger partial charge in [0.2, 0.25) is 0 Å². The highest BCUT2D eigenvalue weighted by molar-refractivity contribution is 9.10. The lowest BCUT2D eigenvalue weighted by Gasteiger charge is -2.27. The zero-order chi connectivity index (χ0) is 12.5. The molecule has 4 heteroatoms. The second kappa shape index (κ2) is 4.61. The standard InChI is InChI=1S/C14H12BrNO2/c15-13-6-5-11(18-13)9-16-8-7-10-3-1-2-4-12(10)14(16)17/h1-6H,7-9H2. The van der Waals surface area contributed by atoms with Crippen molar-refractivity contribution in [3.63, 3.8) is 0 Å². The molecule has 0 atom stereocenters. The summed E-state index contributed by atoms with van der Waals surface area (Å²) in [6.45, 7) is 1.27. The van der Waals surface area contributed by atoms with Crippen LogP contribution < -0.4 is 0 Å². The van der Waals surface area contributed by atoms with E-state index in [0.717, 1.165) is 29.9 Å². The Bertz CT molecular complexity index is 591. The van der Waals surface area contributed by atoms with Crippen molar-refractivity contribution in [1.82, 2.24) is 4.90 Å². The molecule has 0 aliphatic carbocycles. The number of halogens is 1. The van der Waals surface area contributed by atoms with Gasteiger partial charge in [0, 0.05) is 12.1 Å². The quantitative estimate of drug-likeness (QED) is 0.853. The molecule has 1 aliphatic heterocycles. The molecule has 1 aromatic carbocycles. The number of hydrogen-bond donors (Lipinski definition) is 0. The maximum atomic E-state index is 12.3. The van der Waals surface area contributed by atoms with Gasteiger partial charge < -0.3 is 9.32 Å². The van der Waals surface area contributed by atoms with Crippen molar-refractivity contribution in [2.75, 3.05) is 6.54 Å². The highest BCUT2D eigenvalue weighted by Crippen LogP contribution is 2.22. The Morgan fingerprint density at radius 3 is 2.83 bits per heavy atom. The van der Waals surface area contributed by atoms with E-state index in [1.807, 2.05) is 41.3 Å². The fourth-order valence-corrected chi connectivity index (χ4v) is 2.59. The smallest absolute Gasteiger partial charge is 0.254 e. The van der Waals surface area contributed by atoms with Gasteiger partial charge in [-0.3, -0.25) is 4.79 Å². The van der Waals surface area contributed by atoms with Gasteiger partial charge in [0.05, 0.1) is 6.54 Å². The largest absolute Gasteiger partial charge is 0.452 e. The van der Waals surface area contributed by atoms with E-state index in [0.29, 0.717) is 11.2 Å². The third kappa shape index (κ3) is 2.08. The molecule has 2 heterocycles. The number of rotatable bonds is 2. The molecule has 1 amide bonds. The lowest BCUT2D eigenvalue weighted by Crippen LogP contribution is -2.36. The molecular weight excluding hydrogens is 294 g/mol. The Labute approximate surface area is 114 Å². The van der Waals surface area contributed by atoms with Crippen LogP contribution in [0.5, 0.6) is 0 Å². The number of fused-ring (bicyclic) bond motifs is 1. The first-order chi connectivity index (χ1) is 8.74. The summed E-state index contributed by atoms with van der Waals surface area (Å²) in [5, 5.41) is 0. The minimum atomic E-state index is 0.0874. The van der Waals surface area contributed by atoms with Gasteiger partial charge in [-0.25, -0.2) is 0 Å². The van der Waals surface area contributed by atoms with Crippen molar-refractivity contribution in [2.24, 2.45) is 0 Å². The molecule has 0 saturated heterocycles. The number of furan rings is 1. The molecule has 1 aromatic heterocycles. The summed E-state index contributed by atoms with van der Waals surface area (Å²) in [6.07, 6.45) is 0.907. The molecule has 0 N–H and O–H groups in total. The van der Waals surface area contributed by atoms with Crippen molar-refractivity contribution >= 4 is 21.8 Å². The summed E-state index contributed by atoms with van der Waals surface area (Å²) in [5.74, 6) is 0.888. The molecule has 2 aromatic rings. The highest BCUT2D eigenvalue weighted by atomic mass is 79.9. The van der Waals surface area contributed by atoms with Gasteiger partial charge in [0.1, 0.15) is 5.76 Å². The van der Waals surface area contributed by atoms with Crippen molar-refractivity contribution in [1.29, 1.82) is 0 Å². The van der Waals surface area contributed by atoms with E-state index in [-0.39, 0.29) is 5.91 Å². The molecule has 0 saturated carbocycles. The molecular formula is C14H12BrNO2. The number of carbonyl (C=O) groups is 1. The zero-order valence-electron chi connectivity index (χ0n) is 9.73. The highest BCUT2D eigenvalue weighted by Gasteiger charge is 2.24. The Hall–Kier alpha value is -1.55.